The molecular weight excluding hydrogens is 308 g/mol. The number of hydrogen-bond donors (Lipinski definition) is 1. The van der Waals surface area contributed by atoms with Crippen LogP contribution < -0.4 is 5.32 Å². The monoisotopic (exact) mass is 320 g/mol. The van der Waals surface area contributed by atoms with Crippen molar-refractivity contribution in [1.82, 2.24) is 4.98 Å². The Kier molecular flexibility index (Phi) is 4.05. The van der Waals surface area contributed by atoms with Gasteiger partial charge in [0.15, 0.2) is 0 Å². The first-order valence-corrected chi connectivity index (χ1v) is 8.34. The van der Waals surface area contributed by atoms with Crippen molar-refractivity contribution in [2.24, 2.45) is 0 Å². The summed E-state index contributed by atoms with van der Waals surface area (Å²) in [6, 6.07) is 10.3. The standard InChI is InChI=1S/C15H13ClN2S2/c1-10-18-15(9-19-10)11-2-4-13(5-3-11)17-7-14-6-12(16)8-20-14/h2-6,8-9,17H,7H2,1H3. The topological polar surface area (TPSA) is 24.9 Å². The molecule has 0 aliphatic heterocycles. The molecule has 3 rings (SSSR count). The van der Waals surface area contributed by atoms with Gasteiger partial charge in [0.05, 0.1) is 15.7 Å². The quantitative estimate of drug-likeness (QED) is 0.691. The van der Waals surface area contributed by atoms with Crippen LogP contribution in [-0.4, -0.2) is 4.98 Å². The van der Waals surface area contributed by atoms with Crippen molar-refractivity contribution in [2.75, 3.05) is 5.32 Å². The van der Waals surface area contributed by atoms with Crippen molar-refractivity contribution in [1.29, 1.82) is 0 Å². The summed E-state index contributed by atoms with van der Waals surface area (Å²) in [5.41, 5.74) is 3.30. The molecule has 1 N–H and O–H groups in total. The average Bonchev–Trinajstić information content (AvgIpc) is 3.06. The van der Waals surface area contributed by atoms with Crippen molar-refractivity contribution in [3.63, 3.8) is 0 Å². The van der Waals surface area contributed by atoms with Crippen LogP contribution in [0.25, 0.3) is 11.3 Å². The zero-order chi connectivity index (χ0) is 13.9. The molecule has 0 saturated carbocycles. The van der Waals surface area contributed by atoms with E-state index in [4.69, 9.17) is 11.6 Å². The predicted octanol–water partition coefficient (Wildman–Crippen LogP) is 5.45. The maximum absolute atomic E-state index is 5.91. The third-order valence-electron chi connectivity index (χ3n) is 2.89. The van der Waals surface area contributed by atoms with E-state index in [2.05, 4.69) is 39.9 Å². The second kappa shape index (κ2) is 5.95. The van der Waals surface area contributed by atoms with Crippen LogP contribution in [0.15, 0.2) is 41.1 Å². The van der Waals surface area contributed by atoms with Crippen LogP contribution in [0.3, 0.4) is 0 Å². The third kappa shape index (κ3) is 3.20. The fourth-order valence-electron chi connectivity index (χ4n) is 1.89. The molecule has 102 valence electrons. The summed E-state index contributed by atoms with van der Waals surface area (Å²) >= 11 is 9.25. The molecule has 0 bridgehead atoms. The molecule has 0 amide bonds. The molecule has 0 fully saturated rings. The van der Waals surface area contributed by atoms with Gasteiger partial charge in [-0.15, -0.1) is 22.7 Å². The van der Waals surface area contributed by atoms with Crippen molar-refractivity contribution in [3.05, 3.63) is 56.0 Å². The molecule has 0 radical (unpaired) electrons. The van der Waals surface area contributed by atoms with Crippen molar-refractivity contribution >= 4 is 40.0 Å². The molecule has 0 aliphatic carbocycles. The van der Waals surface area contributed by atoms with Gasteiger partial charge in [-0.25, -0.2) is 4.98 Å². The highest BCUT2D eigenvalue weighted by atomic mass is 35.5. The van der Waals surface area contributed by atoms with Gasteiger partial charge in [0.25, 0.3) is 0 Å². The highest BCUT2D eigenvalue weighted by Gasteiger charge is 2.02. The van der Waals surface area contributed by atoms with Crippen LogP contribution >= 0.6 is 34.3 Å². The Hall–Kier alpha value is -1.36. The number of hydrogen-bond acceptors (Lipinski definition) is 4. The van der Waals surface area contributed by atoms with E-state index in [9.17, 15) is 0 Å². The minimum absolute atomic E-state index is 0.798. The summed E-state index contributed by atoms with van der Waals surface area (Å²) in [5, 5.41) is 9.33. The fraction of sp³-hybridized carbons (Fsp3) is 0.133. The summed E-state index contributed by atoms with van der Waals surface area (Å²) in [5.74, 6) is 0. The first-order valence-electron chi connectivity index (χ1n) is 6.20. The lowest BCUT2D eigenvalue weighted by atomic mass is 10.1. The van der Waals surface area contributed by atoms with E-state index in [1.165, 1.54) is 4.88 Å². The smallest absolute Gasteiger partial charge is 0.0901 e. The SMILES string of the molecule is Cc1nc(-c2ccc(NCc3cc(Cl)cs3)cc2)cs1. The Balaban J connectivity index is 1.67. The van der Waals surface area contributed by atoms with Crippen molar-refractivity contribution in [3.8, 4) is 11.3 Å². The summed E-state index contributed by atoms with van der Waals surface area (Å²) in [6.07, 6.45) is 0. The Morgan fingerprint density at radius 2 is 1.95 bits per heavy atom. The maximum atomic E-state index is 5.91. The van der Waals surface area contributed by atoms with Crippen LogP contribution in [0, 0.1) is 6.92 Å². The Labute approximate surface area is 131 Å². The fourth-order valence-corrected chi connectivity index (χ4v) is 3.53. The lowest BCUT2D eigenvalue weighted by molar-refractivity contribution is 1.19. The van der Waals surface area contributed by atoms with E-state index < -0.39 is 0 Å². The highest BCUT2D eigenvalue weighted by molar-refractivity contribution is 7.10. The summed E-state index contributed by atoms with van der Waals surface area (Å²) in [7, 11) is 0. The Bertz CT molecular complexity index is 701. The number of aromatic nitrogens is 1. The predicted molar refractivity (Wildman–Crippen MR) is 88.9 cm³/mol. The lowest BCUT2D eigenvalue weighted by Gasteiger charge is -2.05. The first kappa shape index (κ1) is 13.6. The number of nitrogens with zero attached hydrogens (tertiary/aromatic N) is 1. The van der Waals surface area contributed by atoms with Crippen LogP contribution in [-0.2, 0) is 6.54 Å². The van der Waals surface area contributed by atoms with Gasteiger partial charge in [0.2, 0.25) is 0 Å². The van der Waals surface area contributed by atoms with E-state index in [1.54, 1.807) is 22.7 Å². The minimum atomic E-state index is 0.798. The number of halogens is 1. The van der Waals surface area contributed by atoms with E-state index in [0.717, 1.165) is 33.5 Å². The molecule has 0 unspecified atom stereocenters. The van der Waals surface area contributed by atoms with E-state index >= 15 is 0 Å². The average molecular weight is 321 g/mol. The van der Waals surface area contributed by atoms with Gasteiger partial charge < -0.3 is 5.32 Å². The maximum Gasteiger partial charge on any atom is 0.0901 e. The van der Waals surface area contributed by atoms with Crippen molar-refractivity contribution in [2.45, 2.75) is 13.5 Å². The molecule has 0 saturated heterocycles. The van der Waals surface area contributed by atoms with E-state index in [0.29, 0.717) is 0 Å². The van der Waals surface area contributed by atoms with Gasteiger partial charge in [0, 0.05) is 33.4 Å². The molecule has 2 aromatic heterocycles. The molecular formula is C15H13ClN2S2. The van der Waals surface area contributed by atoms with Gasteiger partial charge in [-0.1, -0.05) is 23.7 Å². The summed E-state index contributed by atoms with van der Waals surface area (Å²) < 4.78 is 0. The lowest BCUT2D eigenvalue weighted by Crippen LogP contribution is -1.96. The van der Waals surface area contributed by atoms with E-state index in [1.807, 2.05) is 18.4 Å². The second-order valence-electron chi connectivity index (χ2n) is 4.41. The molecule has 1 aromatic carbocycles. The molecule has 0 atom stereocenters. The van der Waals surface area contributed by atoms with Gasteiger partial charge in [0.1, 0.15) is 0 Å². The number of rotatable bonds is 4. The number of aryl methyl sites for hydroxylation is 1. The molecule has 2 heterocycles. The Morgan fingerprint density at radius 3 is 2.55 bits per heavy atom. The third-order valence-corrected chi connectivity index (χ3v) is 4.95. The number of nitrogens with one attached hydrogen (secondary N) is 1. The van der Waals surface area contributed by atoms with Crippen LogP contribution in [0.1, 0.15) is 9.88 Å². The van der Waals surface area contributed by atoms with Gasteiger partial charge in [-0.05, 0) is 25.1 Å². The molecule has 5 heteroatoms. The van der Waals surface area contributed by atoms with Crippen LogP contribution in [0.5, 0.6) is 0 Å². The normalized spacial score (nSPS) is 10.7. The molecule has 2 nitrogen and oxygen atoms in total. The summed E-state index contributed by atoms with van der Waals surface area (Å²) in [6.45, 7) is 2.82. The summed E-state index contributed by atoms with van der Waals surface area (Å²) in [4.78, 5) is 5.72. The molecule has 3 aromatic rings. The second-order valence-corrected chi connectivity index (χ2v) is 6.91. The largest absolute Gasteiger partial charge is 0.380 e. The van der Waals surface area contributed by atoms with Gasteiger partial charge >= 0.3 is 0 Å². The highest BCUT2D eigenvalue weighted by Crippen LogP contribution is 2.24. The Morgan fingerprint density at radius 1 is 1.15 bits per heavy atom. The van der Waals surface area contributed by atoms with Gasteiger partial charge in [-0.3, -0.25) is 0 Å². The molecule has 20 heavy (non-hydrogen) atoms. The van der Waals surface area contributed by atoms with Crippen LogP contribution in [0.2, 0.25) is 5.02 Å². The zero-order valence-electron chi connectivity index (χ0n) is 10.9. The number of anilines is 1. The zero-order valence-corrected chi connectivity index (χ0v) is 13.3. The number of thiophene rings is 1. The van der Waals surface area contributed by atoms with E-state index in [-0.39, 0.29) is 0 Å². The molecule has 0 aliphatic rings. The van der Waals surface area contributed by atoms with Gasteiger partial charge in [-0.2, -0.15) is 0 Å². The van der Waals surface area contributed by atoms with Crippen LogP contribution in [0.4, 0.5) is 5.69 Å². The first-order chi connectivity index (χ1) is 9.70. The minimum Gasteiger partial charge on any atom is -0.380 e. The molecule has 0 spiro atoms. The van der Waals surface area contributed by atoms with Crippen molar-refractivity contribution < 1.29 is 0 Å². The number of thiazole rings is 1. The number of benzene rings is 1.